The molecule has 0 heterocycles. The molecule has 0 saturated heterocycles. The highest BCUT2D eigenvalue weighted by atomic mass is 35.5. The Balaban J connectivity index is 2.30. The van der Waals surface area contributed by atoms with Crippen LogP contribution in [0.5, 0.6) is 0 Å². The van der Waals surface area contributed by atoms with E-state index in [-0.39, 0.29) is 0 Å². The first-order valence-electron chi connectivity index (χ1n) is 4.50. The second-order valence-electron chi connectivity index (χ2n) is 3.47. The lowest BCUT2D eigenvalue weighted by molar-refractivity contribution is 0.284. The minimum absolute atomic E-state index is 0.568. The van der Waals surface area contributed by atoms with Gasteiger partial charge in [-0.15, -0.1) is 23.2 Å². The molecule has 0 unspecified atom stereocenters. The Kier molecular flexibility index (Phi) is 4.63. The summed E-state index contributed by atoms with van der Waals surface area (Å²) in [5.74, 6) is 2.87. The summed E-state index contributed by atoms with van der Waals surface area (Å²) in [6.07, 6.45) is 6.88. The van der Waals surface area contributed by atoms with Gasteiger partial charge in [0.15, 0.2) is 0 Å². The van der Waals surface area contributed by atoms with E-state index in [4.69, 9.17) is 23.2 Å². The Labute approximate surface area is 79.3 Å². The third-order valence-electron chi connectivity index (χ3n) is 2.71. The van der Waals surface area contributed by atoms with Crippen LogP contribution in [-0.4, -0.2) is 11.8 Å². The number of rotatable bonds is 3. The van der Waals surface area contributed by atoms with Crippen LogP contribution in [0.4, 0.5) is 0 Å². The summed E-state index contributed by atoms with van der Waals surface area (Å²) in [5.41, 5.74) is 0. The van der Waals surface area contributed by atoms with Gasteiger partial charge in [0.25, 0.3) is 0 Å². The third-order valence-corrected chi connectivity index (χ3v) is 3.51. The number of halogens is 2. The van der Waals surface area contributed by atoms with Gasteiger partial charge < -0.3 is 0 Å². The zero-order valence-electron chi connectivity index (χ0n) is 6.86. The van der Waals surface area contributed by atoms with E-state index >= 15 is 0 Å². The summed E-state index contributed by atoms with van der Waals surface area (Å²) < 4.78 is 0. The van der Waals surface area contributed by atoms with E-state index in [1.54, 1.807) is 0 Å². The number of hydrogen-bond acceptors (Lipinski definition) is 0. The van der Waals surface area contributed by atoms with Crippen LogP contribution in [0, 0.1) is 11.8 Å². The van der Waals surface area contributed by atoms with Crippen molar-refractivity contribution in [3.63, 3.8) is 0 Å². The first-order valence-corrected chi connectivity index (χ1v) is 5.57. The maximum atomic E-state index is 5.82. The molecule has 0 aromatic rings. The molecule has 0 N–H and O–H groups in total. The van der Waals surface area contributed by atoms with Crippen molar-refractivity contribution in [1.29, 1.82) is 0 Å². The highest BCUT2D eigenvalue weighted by Crippen LogP contribution is 2.31. The van der Waals surface area contributed by atoms with Crippen LogP contribution in [0.15, 0.2) is 0 Å². The van der Waals surface area contributed by atoms with E-state index < -0.39 is 0 Å². The van der Waals surface area contributed by atoms with Gasteiger partial charge in [0.1, 0.15) is 0 Å². The van der Waals surface area contributed by atoms with Crippen LogP contribution < -0.4 is 0 Å². The van der Waals surface area contributed by atoms with Gasteiger partial charge >= 0.3 is 0 Å². The fraction of sp³-hybridized carbons (Fsp3) is 1.00. The maximum absolute atomic E-state index is 5.82. The van der Waals surface area contributed by atoms with Gasteiger partial charge in [0, 0.05) is 11.8 Å². The molecule has 11 heavy (non-hydrogen) atoms. The SMILES string of the molecule is ClCC(CCl)C1CCCCC1. The Morgan fingerprint density at radius 3 is 2.00 bits per heavy atom. The van der Waals surface area contributed by atoms with Crippen LogP contribution in [0.1, 0.15) is 32.1 Å². The summed E-state index contributed by atoms with van der Waals surface area (Å²) in [6, 6.07) is 0. The first-order chi connectivity index (χ1) is 5.38. The second-order valence-corrected chi connectivity index (χ2v) is 4.08. The zero-order valence-corrected chi connectivity index (χ0v) is 8.37. The summed E-state index contributed by atoms with van der Waals surface area (Å²) in [6.45, 7) is 0. The van der Waals surface area contributed by atoms with Crippen LogP contribution >= 0.6 is 23.2 Å². The van der Waals surface area contributed by atoms with E-state index in [1.807, 2.05) is 0 Å². The van der Waals surface area contributed by atoms with Gasteiger partial charge in [-0.1, -0.05) is 32.1 Å². The quantitative estimate of drug-likeness (QED) is 0.603. The van der Waals surface area contributed by atoms with Crippen molar-refractivity contribution in [2.24, 2.45) is 11.8 Å². The molecule has 1 aliphatic carbocycles. The molecule has 2 heteroatoms. The molecule has 0 nitrogen and oxygen atoms in total. The van der Waals surface area contributed by atoms with E-state index in [1.165, 1.54) is 32.1 Å². The average molecular weight is 195 g/mol. The van der Waals surface area contributed by atoms with Crippen LogP contribution in [-0.2, 0) is 0 Å². The molecule has 0 spiro atoms. The van der Waals surface area contributed by atoms with Crippen molar-refractivity contribution >= 4 is 23.2 Å². The summed E-state index contributed by atoms with van der Waals surface area (Å²) in [7, 11) is 0. The topological polar surface area (TPSA) is 0 Å². The molecule has 1 fully saturated rings. The molecule has 0 radical (unpaired) electrons. The summed E-state index contributed by atoms with van der Waals surface area (Å²) in [5, 5.41) is 0. The molecule has 1 saturated carbocycles. The predicted octanol–water partition coefficient (Wildman–Crippen LogP) is 3.66. The standard InChI is InChI=1S/C9H16Cl2/c10-6-9(7-11)8-4-2-1-3-5-8/h8-9H,1-7H2. The van der Waals surface area contributed by atoms with E-state index in [9.17, 15) is 0 Å². The van der Waals surface area contributed by atoms with Crippen molar-refractivity contribution in [1.82, 2.24) is 0 Å². The Morgan fingerprint density at radius 2 is 1.55 bits per heavy atom. The summed E-state index contributed by atoms with van der Waals surface area (Å²) >= 11 is 11.6. The second kappa shape index (κ2) is 5.27. The molecule has 0 atom stereocenters. The van der Waals surface area contributed by atoms with Crippen LogP contribution in [0.25, 0.3) is 0 Å². The lowest BCUT2D eigenvalue weighted by Crippen LogP contribution is -2.20. The largest absolute Gasteiger partial charge is 0.126 e. The van der Waals surface area contributed by atoms with Gasteiger partial charge in [-0.25, -0.2) is 0 Å². The first kappa shape index (κ1) is 9.67. The lowest BCUT2D eigenvalue weighted by atomic mass is 9.82. The van der Waals surface area contributed by atoms with Gasteiger partial charge in [-0.05, 0) is 11.8 Å². The Bertz CT molecular complexity index is 93.7. The Morgan fingerprint density at radius 1 is 1.00 bits per heavy atom. The monoisotopic (exact) mass is 194 g/mol. The number of alkyl halides is 2. The average Bonchev–Trinajstić information content (AvgIpc) is 2.09. The molecule has 0 aliphatic heterocycles. The fourth-order valence-electron chi connectivity index (χ4n) is 1.90. The minimum Gasteiger partial charge on any atom is -0.126 e. The lowest BCUT2D eigenvalue weighted by Gasteiger charge is -2.27. The molecule has 0 aromatic heterocycles. The smallest absolute Gasteiger partial charge is 0.0265 e. The van der Waals surface area contributed by atoms with Crippen molar-refractivity contribution in [3.05, 3.63) is 0 Å². The normalized spacial score (nSPS) is 21.0. The van der Waals surface area contributed by atoms with Gasteiger partial charge in [0.05, 0.1) is 0 Å². The molecule has 1 rings (SSSR count). The predicted molar refractivity (Wildman–Crippen MR) is 51.5 cm³/mol. The molecule has 1 aliphatic rings. The molecule has 0 amide bonds. The maximum Gasteiger partial charge on any atom is 0.0265 e. The minimum atomic E-state index is 0.568. The van der Waals surface area contributed by atoms with Crippen molar-refractivity contribution in [2.45, 2.75) is 32.1 Å². The molecular weight excluding hydrogens is 179 g/mol. The van der Waals surface area contributed by atoms with E-state index in [0.29, 0.717) is 5.92 Å². The highest BCUT2D eigenvalue weighted by molar-refractivity contribution is 6.20. The highest BCUT2D eigenvalue weighted by Gasteiger charge is 2.21. The number of hydrogen-bond donors (Lipinski definition) is 0. The Hall–Kier alpha value is 0.580. The van der Waals surface area contributed by atoms with E-state index in [2.05, 4.69) is 0 Å². The fourth-order valence-corrected chi connectivity index (χ4v) is 2.73. The summed E-state index contributed by atoms with van der Waals surface area (Å²) in [4.78, 5) is 0. The van der Waals surface area contributed by atoms with Crippen molar-refractivity contribution in [2.75, 3.05) is 11.8 Å². The van der Waals surface area contributed by atoms with E-state index in [0.717, 1.165) is 17.7 Å². The molecule has 0 aromatic carbocycles. The van der Waals surface area contributed by atoms with Crippen molar-refractivity contribution in [3.8, 4) is 0 Å². The molecule has 66 valence electrons. The van der Waals surface area contributed by atoms with Crippen LogP contribution in [0.3, 0.4) is 0 Å². The van der Waals surface area contributed by atoms with Gasteiger partial charge in [-0.3, -0.25) is 0 Å². The zero-order chi connectivity index (χ0) is 8.10. The third kappa shape index (κ3) is 2.83. The molecule has 0 bridgehead atoms. The van der Waals surface area contributed by atoms with Gasteiger partial charge in [0.2, 0.25) is 0 Å². The van der Waals surface area contributed by atoms with Crippen LogP contribution in [0.2, 0.25) is 0 Å². The molecular formula is C9H16Cl2. The van der Waals surface area contributed by atoms with Gasteiger partial charge in [-0.2, -0.15) is 0 Å². The van der Waals surface area contributed by atoms with Crippen molar-refractivity contribution < 1.29 is 0 Å².